The van der Waals surface area contributed by atoms with E-state index >= 15 is 0 Å². The molecule has 3 rings (SSSR count). The van der Waals surface area contributed by atoms with E-state index in [0.29, 0.717) is 0 Å². The van der Waals surface area contributed by atoms with Crippen LogP contribution in [0.2, 0.25) is 0 Å². The third-order valence-electron chi connectivity index (χ3n) is 2.99. The maximum atomic E-state index is 5.80. The van der Waals surface area contributed by atoms with Crippen molar-refractivity contribution in [2.75, 3.05) is 12.8 Å². The Kier molecular flexibility index (Phi) is 3.19. The summed E-state index contributed by atoms with van der Waals surface area (Å²) in [5, 5.41) is 0.953. The van der Waals surface area contributed by atoms with Crippen molar-refractivity contribution >= 4 is 27.2 Å². The molecule has 1 atom stereocenters. The summed E-state index contributed by atoms with van der Waals surface area (Å²) in [7, 11) is 1.71. The Morgan fingerprint density at radius 1 is 1.16 bits per heavy atom. The maximum absolute atomic E-state index is 5.80. The second-order valence-corrected chi connectivity index (χ2v) is 5.37. The molecule has 0 aliphatic rings. The molecule has 96 valence electrons. The molecule has 0 saturated heterocycles. The molecule has 1 heterocycles. The zero-order valence-electron chi connectivity index (χ0n) is 10.5. The number of benzene rings is 2. The zero-order chi connectivity index (χ0) is 13.2. The topological polar surface area (TPSA) is 48.1 Å². The van der Waals surface area contributed by atoms with Crippen LogP contribution in [0.25, 0.3) is 10.2 Å². The van der Waals surface area contributed by atoms with E-state index < -0.39 is 0 Å². The fraction of sp³-hybridized carbons (Fsp3) is 0.133. The second kappa shape index (κ2) is 4.99. The number of anilines is 1. The quantitative estimate of drug-likeness (QED) is 0.739. The van der Waals surface area contributed by atoms with Gasteiger partial charge in [-0.25, -0.2) is 4.98 Å². The molecule has 0 aliphatic carbocycles. The van der Waals surface area contributed by atoms with Crippen molar-refractivity contribution in [3.63, 3.8) is 0 Å². The normalized spacial score (nSPS) is 12.7. The number of rotatable bonds is 3. The van der Waals surface area contributed by atoms with E-state index in [1.807, 2.05) is 36.4 Å². The number of fused-ring (bicyclic) bond motifs is 1. The number of nitrogens with two attached hydrogens (primary N) is 1. The lowest BCUT2D eigenvalue weighted by molar-refractivity contribution is 0.136. The van der Waals surface area contributed by atoms with Gasteiger partial charge in [-0.1, -0.05) is 30.3 Å². The third kappa shape index (κ3) is 2.32. The smallest absolute Gasteiger partial charge is 0.134 e. The Labute approximate surface area is 115 Å². The monoisotopic (exact) mass is 270 g/mol. The van der Waals surface area contributed by atoms with Gasteiger partial charge in [-0.2, -0.15) is 0 Å². The Morgan fingerprint density at radius 3 is 2.68 bits per heavy atom. The van der Waals surface area contributed by atoms with E-state index in [1.165, 1.54) is 0 Å². The minimum atomic E-state index is -0.125. The lowest BCUT2D eigenvalue weighted by atomic mass is 10.1. The molecular formula is C15H14N2OS. The summed E-state index contributed by atoms with van der Waals surface area (Å²) in [5.74, 6) is 0. The van der Waals surface area contributed by atoms with Crippen molar-refractivity contribution in [1.29, 1.82) is 0 Å². The van der Waals surface area contributed by atoms with Crippen molar-refractivity contribution in [2.24, 2.45) is 0 Å². The molecule has 0 fully saturated rings. The van der Waals surface area contributed by atoms with Gasteiger partial charge in [-0.05, 0) is 23.8 Å². The summed E-state index contributed by atoms with van der Waals surface area (Å²) >= 11 is 1.62. The predicted molar refractivity (Wildman–Crippen MR) is 79.3 cm³/mol. The molecule has 4 heteroatoms. The molecule has 0 radical (unpaired) electrons. The Bertz CT molecular complexity index is 694. The van der Waals surface area contributed by atoms with Crippen molar-refractivity contribution in [3.05, 3.63) is 59.1 Å². The average molecular weight is 270 g/mol. The number of hydrogen-bond acceptors (Lipinski definition) is 4. The van der Waals surface area contributed by atoms with Crippen molar-refractivity contribution in [2.45, 2.75) is 6.10 Å². The first-order chi connectivity index (χ1) is 9.28. The molecular weight excluding hydrogens is 256 g/mol. The molecule has 0 amide bonds. The highest BCUT2D eigenvalue weighted by Gasteiger charge is 2.17. The van der Waals surface area contributed by atoms with E-state index in [2.05, 4.69) is 17.1 Å². The second-order valence-electron chi connectivity index (χ2n) is 4.31. The van der Waals surface area contributed by atoms with Crippen LogP contribution in [0.1, 0.15) is 16.7 Å². The van der Waals surface area contributed by atoms with Gasteiger partial charge in [-0.3, -0.25) is 0 Å². The van der Waals surface area contributed by atoms with E-state index in [-0.39, 0.29) is 6.10 Å². The maximum Gasteiger partial charge on any atom is 0.134 e. The van der Waals surface area contributed by atoms with Crippen LogP contribution in [0.4, 0.5) is 5.69 Å². The van der Waals surface area contributed by atoms with Gasteiger partial charge in [0.2, 0.25) is 0 Å². The summed E-state index contributed by atoms with van der Waals surface area (Å²) in [5.41, 5.74) is 8.63. The highest BCUT2D eigenvalue weighted by Crippen LogP contribution is 2.32. The molecule has 19 heavy (non-hydrogen) atoms. The van der Waals surface area contributed by atoms with Crippen LogP contribution in [-0.4, -0.2) is 12.1 Å². The summed E-state index contributed by atoms with van der Waals surface area (Å²) < 4.78 is 6.69. The molecule has 3 aromatic rings. The minimum Gasteiger partial charge on any atom is -0.399 e. The van der Waals surface area contributed by atoms with Crippen LogP contribution in [0, 0.1) is 0 Å². The van der Waals surface area contributed by atoms with Crippen LogP contribution in [0.15, 0.2) is 48.5 Å². The Hall–Kier alpha value is -1.91. The molecule has 0 bridgehead atoms. The van der Waals surface area contributed by atoms with Crippen LogP contribution < -0.4 is 5.73 Å². The van der Waals surface area contributed by atoms with E-state index in [4.69, 9.17) is 10.5 Å². The predicted octanol–water partition coefficient (Wildman–Crippen LogP) is 3.61. The lowest BCUT2D eigenvalue weighted by Crippen LogP contribution is -2.02. The Morgan fingerprint density at radius 2 is 1.95 bits per heavy atom. The van der Waals surface area contributed by atoms with Crippen molar-refractivity contribution < 1.29 is 4.74 Å². The highest BCUT2D eigenvalue weighted by molar-refractivity contribution is 7.18. The van der Waals surface area contributed by atoms with Gasteiger partial charge in [-0.15, -0.1) is 11.3 Å². The number of nitrogen functional groups attached to an aromatic ring is 1. The highest BCUT2D eigenvalue weighted by atomic mass is 32.1. The molecule has 2 aromatic carbocycles. The first kappa shape index (κ1) is 12.1. The number of nitrogens with zero attached hydrogens (tertiary/aromatic N) is 1. The minimum absolute atomic E-state index is 0.125. The van der Waals surface area contributed by atoms with E-state index in [0.717, 1.165) is 26.5 Å². The summed E-state index contributed by atoms with van der Waals surface area (Å²) in [4.78, 5) is 4.64. The van der Waals surface area contributed by atoms with Gasteiger partial charge in [0.05, 0.1) is 10.2 Å². The lowest BCUT2D eigenvalue weighted by Gasteiger charge is -2.12. The summed E-state index contributed by atoms with van der Waals surface area (Å²) in [6, 6.07) is 15.9. The molecule has 3 nitrogen and oxygen atoms in total. The summed E-state index contributed by atoms with van der Waals surface area (Å²) in [6.07, 6.45) is -0.125. The first-order valence-electron chi connectivity index (χ1n) is 6.01. The number of methoxy groups -OCH3 is 1. The molecule has 0 aliphatic heterocycles. The largest absolute Gasteiger partial charge is 0.399 e. The summed E-state index contributed by atoms with van der Waals surface area (Å²) in [6.45, 7) is 0. The molecule has 2 N–H and O–H groups in total. The van der Waals surface area contributed by atoms with Gasteiger partial charge in [0.25, 0.3) is 0 Å². The van der Waals surface area contributed by atoms with Gasteiger partial charge >= 0.3 is 0 Å². The van der Waals surface area contributed by atoms with E-state index in [9.17, 15) is 0 Å². The van der Waals surface area contributed by atoms with Gasteiger partial charge in [0.15, 0.2) is 0 Å². The SMILES string of the molecule is COC(c1ccccc1)c1nc2ccc(N)cc2s1. The fourth-order valence-corrected chi connectivity index (χ4v) is 3.20. The van der Waals surface area contributed by atoms with Crippen LogP contribution in [0.3, 0.4) is 0 Å². The van der Waals surface area contributed by atoms with Gasteiger partial charge in [0.1, 0.15) is 11.1 Å². The van der Waals surface area contributed by atoms with E-state index in [1.54, 1.807) is 18.4 Å². The van der Waals surface area contributed by atoms with Crippen LogP contribution in [-0.2, 0) is 4.74 Å². The number of aromatic nitrogens is 1. The molecule has 0 spiro atoms. The fourth-order valence-electron chi connectivity index (χ4n) is 2.08. The zero-order valence-corrected chi connectivity index (χ0v) is 11.4. The number of ether oxygens (including phenoxy) is 1. The van der Waals surface area contributed by atoms with Gasteiger partial charge in [0, 0.05) is 12.8 Å². The average Bonchev–Trinajstić information content (AvgIpc) is 2.83. The van der Waals surface area contributed by atoms with Crippen molar-refractivity contribution in [3.8, 4) is 0 Å². The Balaban J connectivity index is 2.07. The first-order valence-corrected chi connectivity index (χ1v) is 6.83. The molecule has 1 unspecified atom stereocenters. The van der Waals surface area contributed by atoms with Crippen LogP contribution in [0.5, 0.6) is 0 Å². The number of thiazole rings is 1. The van der Waals surface area contributed by atoms with Gasteiger partial charge < -0.3 is 10.5 Å². The third-order valence-corrected chi connectivity index (χ3v) is 4.05. The molecule has 0 saturated carbocycles. The molecule has 1 aromatic heterocycles. The number of hydrogen-bond donors (Lipinski definition) is 1. The standard InChI is InChI=1S/C15H14N2OS/c1-18-14(10-5-3-2-4-6-10)15-17-12-8-7-11(16)9-13(12)19-15/h2-9,14H,16H2,1H3. The van der Waals surface area contributed by atoms with Crippen LogP contribution >= 0.6 is 11.3 Å². The van der Waals surface area contributed by atoms with Crippen molar-refractivity contribution in [1.82, 2.24) is 4.98 Å².